The highest BCUT2D eigenvalue weighted by molar-refractivity contribution is 5.83. The zero-order chi connectivity index (χ0) is 11.2. The lowest BCUT2D eigenvalue weighted by atomic mass is 10.1. The minimum Gasteiger partial charge on any atom is -0.481 e. The number of Topliss-reactive ketones (excluding diaryl/α,β-unsaturated/α-hetero) is 1. The molecule has 1 N–H and O–H groups in total. The van der Waals surface area contributed by atoms with Crippen LogP contribution in [0.15, 0.2) is 0 Å². The SMILES string of the molecule is O=C(O)CCCCCC(=O)C(F)(F)F. The van der Waals surface area contributed by atoms with E-state index in [4.69, 9.17) is 5.11 Å². The van der Waals surface area contributed by atoms with Crippen LogP contribution in [-0.4, -0.2) is 23.0 Å². The number of carbonyl (C=O) groups excluding carboxylic acids is 1. The Morgan fingerprint density at radius 2 is 1.50 bits per heavy atom. The predicted molar refractivity (Wildman–Crippen MR) is 41.8 cm³/mol. The summed E-state index contributed by atoms with van der Waals surface area (Å²) in [6.07, 6.45) is -4.66. The van der Waals surface area contributed by atoms with Gasteiger partial charge in [0.2, 0.25) is 5.78 Å². The van der Waals surface area contributed by atoms with Crippen LogP contribution < -0.4 is 0 Å². The highest BCUT2D eigenvalue weighted by Crippen LogP contribution is 2.19. The number of ketones is 1. The van der Waals surface area contributed by atoms with E-state index in [1.54, 1.807) is 0 Å². The van der Waals surface area contributed by atoms with Crippen LogP contribution in [0.2, 0.25) is 0 Å². The second kappa shape index (κ2) is 5.62. The number of halogens is 3. The van der Waals surface area contributed by atoms with Gasteiger partial charge in [0.1, 0.15) is 0 Å². The molecule has 14 heavy (non-hydrogen) atoms. The molecule has 0 amide bonds. The van der Waals surface area contributed by atoms with E-state index in [0.717, 1.165) is 0 Å². The van der Waals surface area contributed by atoms with Crippen LogP contribution >= 0.6 is 0 Å². The molecule has 82 valence electrons. The van der Waals surface area contributed by atoms with Crippen molar-refractivity contribution in [2.75, 3.05) is 0 Å². The molecular formula is C8H11F3O3. The third-order valence-corrected chi connectivity index (χ3v) is 1.61. The molecule has 0 aliphatic rings. The molecule has 0 aromatic rings. The van der Waals surface area contributed by atoms with Crippen molar-refractivity contribution in [2.24, 2.45) is 0 Å². The maximum absolute atomic E-state index is 11.6. The van der Waals surface area contributed by atoms with Crippen LogP contribution in [0.25, 0.3) is 0 Å². The lowest BCUT2D eigenvalue weighted by Gasteiger charge is -2.03. The van der Waals surface area contributed by atoms with E-state index < -0.39 is 24.3 Å². The Morgan fingerprint density at radius 3 is 1.93 bits per heavy atom. The maximum Gasteiger partial charge on any atom is 0.449 e. The highest BCUT2D eigenvalue weighted by Gasteiger charge is 2.36. The van der Waals surface area contributed by atoms with E-state index in [1.807, 2.05) is 0 Å². The Labute approximate surface area is 78.9 Å². The Morgan fingerprint density at radius 1 is 1.00 bits per heavy atom. The van der Waals surface area contributed by atoms with Crippen molar-refractivity contribution in [2.45, 2.75) is 38.3 Å². The Bertz CT molecular complexity index is 210. The van der Waals surface area contributed by atoms with Gasteiger partial charge in [-0.2, -0.15) is 13.2 Å². The fourth-order valence-corrected chi connectivity index (χ4v) is 0.880. The van der Waals surface area contributed by atoms with E-state index in [1.165, 1.54) is 0 Å². The number of carboxylic acids is 1. The molecule has 0 radical (unpaired) electrons. The number of hydrogen-bond donors (Lipinski definition) is 1. The third-order valence-electron chi connectivity index (χ3n) is 1.61. The van der Waals surface area contributed by atoms with Gasteiger partial charge in [-0.25, -0.2) is 0 Å². The van der Waals surface area contributed by atoms with Crippen LogP contribution in [0.1, 0.15) is 32.1 Å². The average molecular weight is 212 g/mol. The molecule has 0 aromatic carbocycles. The van der Waals surface area contributed by atoms with E-state index in [-0.39, 0.29) is 12.8 Å². The minimum atomic E-state index is -4.76. The molecule has 6 heteroatoms. The second-order valence-electron chi connectivity index (χ2n) is 2.88. The number of unbranched alkanes of at least 4 members (excludes halogenated alkanes) is 2. The molecule has 0 spiro atoms. The topological polar surface area (TPSA) is 54.4 Å². The molecule has 0 saturated heterocycles. The molecule has 0 heterocycles. The first kappa shape index (κ1) is 12.9. The van der Waals surface area contributed by atoms with Crippen LogP contribution in [-0.2, 0) is 9.59 Å². The molecule has 0 atom stereocenters. The van der Waals surface area contributed by atoms with Crippen molar-refractivity contribution in [3.05, 3.63) is 0 Å². The van der Waals surface area contributed by atoms with Crippen molar-refractivity contribution in [3.8, 4) is 0 Å². The largest absolute Gasteiger partial charge is 0.481 e. The van der Waals surface area contributed by atoms with Crippen molar-refractivity contribution >= 4 is 11.8 Å². The molecule has 0 aliphatic heterocycles. The number of carboxylic acid groups (broad SMARTS) is 1. The predicted octanol–water partition coefficient (Wildman–Crippen LogP) is 2.15. The fourth-order valence-electron chi connectivity index (χ4n) is 0.880. The molecule has 3 nitrogen and oxygen atoms in total. The summed E-state index contributed by atoms with van der Waals surface area (Å²) in [7, 11) is 0. The monoisotopic (exact) mass is 212 g/mol. The van der Waals surface area contributed by atoms with Crippen LogP contribution in [0.3, 0.4) is 0 Å². The first-order valence-electron chi connectivity index (χ1n) is 4.16. The zero-order valence-electron chi connectivity index (χ0n) is 7.43. The van der Waals surface area contributed by atoms with Crippen molar-refractivity contribution in [1.29, 1.82) is 0 Å². The summed E-state index contributed by atoms with van der Waals surface area (Å²) in [4.78, 5) is 20.3. The molecule has 0 aromatic heterocycles. The molecule has 0 unspecified atom stereocenters. The molecule has 0 aliphatic carbocycles. The van der Waals surface area contributed by atoms with E-state index in [9.17, 15) is 22.8 Å². The summed E-state index contributed by atoms with van der Waals surface area (Å²) in [5.74, 6) is -2.72. The third kappa shape index (κ3) is 6.45. The van der Waals surface area contributed by atoms with E-state index in [0.29, 0.717) is 12.8 Å². The summed E-state index contributed by atoms with van der Waals surface area (Å²) in [6, 6.07) is 0. The normalized spacial score (nSPS) is 11.4. The smallest absolute Gasteiger partial charge is 0.449 e. The van der Waals surface area contributed by atoms with Gasteiger partial charge in [-0.05, 0) is 12.8 Å². The second-order valence-corrected chi connectivity index (χ2v) is 2.88. The van der Waals surface area contributed by atoms with Crippen molar-refractivity contribution in [3.63, 3.8) is 0 Å². The van der Waals surface area contributed by atoms with Gasteiger partial charge in [-0.1, -0.05) is 6.42 Å². The first-order chi connectivity index (χ1) is 6.34. The summed E-state index contributed by atoms with van der Waals surface area (Å²) in [5.41, 5.74) is 0. The molecule has 0 fully saturated rings. The summed E-state index contributed by atoms with van der Waals surface area (Å²) < 4.78 is 34.9. The average Bonchev–Trinajstić information content (AvgIpc) is 2.01. The fraction of sp³-hybridized carbons (Fsp3) is 0.750. The molecule has 0 bridgehead atoms. The first-order valence-corrected chi connectivity index (χ1v) is 4.16. The minimum absolute atomic E-state index is 0.0692. The van der Waals surface area contributed by atoms with Gasteiger partial charge in [0.05, 0.1) is 0 Å². The summed E-state index contributed by atoms with van der Waals surface area (Å²) in [5, 5.41) is 8.20. The quantitative estimate of drug-likeness (QED) is 0.686. The van der Waals surface area contributed by atoms with Gasteiger partial charge >= 0.3 is 12.1 Å². The van der Waals surface area contributed by atoms with Gasteiger partial charge in [0, 0.05) is 12.8 Å². The molecule has 0 saturated carbocycles. The lowest BCUT2D eigenvalue weighted by molar-refractivity contribution is -0.171. The number of rotatable bonds is 6. The summed E-state index contributed by atoms with van der Waals surface area (Å²) >= 11 is 0. The number of hydrogen-bond acceptors (Lipinski definition) is 2. The maximum atomic E-state index is 11.6. The van der Waals surface area contributed by atoms with E-state index >= 15 is 0 Å². The summed E-state index contributed by atoms with van der Waals surface area (Å²) in [6.45, 7) is 0. The van der Waals surface area contributed by atoms with Crippen LogP contribution in [0.5, 0.6) is 0 Å². The number of alkyl halides is 3. The van der Waals surface area contributed by atoms with Gasteiger partial charge in [-0.15, -0.1) is 0 Å². The Kier molecular flexibility index (Phi) is 5.19. The Balaban J connectivity index is 3.46. The Hall–Kier alpha value is -1.07. The number of aliphatic carboxylic acids is 1. The van der Waals surface area contributed by atoms with Crippen molar-refractivity contribution < 1.29 is 27.9 Å². The van der Waals surface area contributed by atoms with Crippen LogP contribution in [0.4, 0.5) is 13.2 Å². The van der Waals surface area contributed by atoms with Gasteiger partial charge in [-0.3, -0.25) is 9.59 Å². The van der Waals surface area contributed by atoms with E-state index in [2.05, 4.69) is 0 Å². The highest BCUT2D eigenvalue weighted by atomic mass is 19.4. The number of carbonyl (C=O) groups is 2. The zero-order valence-corrected chi connectivity index (χ0v) is 7.43. The van der Waals surface area contributed by atoms with Crippen molar-refractivity contribution in [1.82, 2.24) is 0 Å². The van der Waals surface area contributed by atoms with Gasteiger partial charge in [0.15, 0.2) is 0 Å². The standard InChI is InChI=1S/C8H11F3O3/c9-8(10,11)6(12)4-2-1-3-5-7(13)14/h1-5H2,(H,13,14). The molecular weight excluding hydrogens is 201 g/mol. The van der Waals surface area contributed by atoms with Gasteiger partial charge < -0.3 is 5.11 Å². The van der Waals surface area contributed by atoms with Crippen LogP contribution in [0, 0.1) is 0 Å². The lowest BCUT2D eigenvalue weighted by Crippen LogP contribution is -2.22. The van der Waals surface area contributed by atoms with Gasteiger partial charge in [0.25, 0.3) is 0 Å². The molecule has 0 rings (SSSR count).